The average molecular weight is 284 g/mol. The predicted octanol–water partition coefficient (Wildman–Crippen LogP) is 2.92. The molecule has 6 nitrogen and oxygen atoms in total. The molecule has 0 bridgehead atoms. The first kappa shape index (κ1) is 20.0. The van der Waals surface area contributed by atoms with Gasteiger partial charge in [0.1, 0.15) is 0 Å². The lowest BCUT2D eigenvalue weighted by molar-refractivity contribution is 0.0598. The number of hydrogen-bond acceptors (Lipinski definition) is 4. The number of aromatic carboxylic acids is 2. The molecule has 1 aromatic rings. The standard InChI is InChI=1S/C10H8O6.2C2H6/c1-16-10(15)5-2-3-6(8(11)12)7(4-5)9(13)14;2*1-2/h2-4H,1H3,(H,11,12)(H,13,14);2*1-2H3. The van der Waals surface area contributed by atoms with Crippen LogP contribution in [0.25, 0.3) is 0 Å². The second kappa shape index (κ2) is 10.5. The van der Waals surface area contributed by atoms with E-state index in [-0.39, 0.29) is 11.1 Å². The molecular formula is C14H20O6. The van der Waals surface area contributed by atoms with Crippen molar-refractivity contribution in [3.8, 4) is 0 Å². The van der Waals surface area contributed by atoms with Crippen LogP contribution in [0, 0.1) is 0 Å². The van der Waals surface area contributed by atoms with Crippen LogP contribution in [0.2, 0.25) is 0 Å². The fourth-order valence-electron chi connectivity index (χ4n) is 1.15. The summed E-state index contributed by atoms with van der Waals surface area (Å²) in [5.41, 5.74) is -0.833. The first-order chi connectivity index (χ1) is 9.47. The summed E-state index contributed by atoms with van der Waals surface area (Å²) in [5.74, 6) is -3.50. The zero-order chi connectivity index (χ0) is 16.3. The molecule has 2 N–H and O–H groups in total. The summed E-state index contributed by atoms with van der Waals surface area (Å²) < 4.78 is 4.39. The van der Waals surface area contributed by atoms with Crippen molar-refractivity contribution in [1.29, 1.82) is 0 Å². The Morgan fingerprint density at radius 3 is 1.70 bits per heavy atom. The second-order valence-corrected chi connectivity index (χ2v) is 2.86. The Kier molecular flexibility index (Phi) is 10.5. The zero-order valence-electron chi connectivity index (χ0n) is 12.3. The molecule has 0 aromatic heterocycles. The molecular weight excluding hydrogens is 264 g/mol. The van der Waals surface area contributed by atoms with Crippen LogP contribution in [0.1, 0.15) is 58.8 Å². The summed E-state index contributed by atoms with van der Waals surface area (Å²) in [6, 6.07) is 3.22. The van der Waals surface area contributed by atoms with Crippen molar-refractivity contribution in [2.45, 2.75) is 27.7 Å². The van der Waals surface area contributed by atoms with Crippen molar-refractivity contribution in [3.05, 3.63) is 34.9 Å². The molecule has 0 aliphatic rings. The first-order valence-electron chi connectivity index (χ1n) is 6.16. The number of carboxylic acid groups (broad SMARTS) is 2. The van der Waals surface area contributed by atoms with Crippen molar-refractivity contribution in [2.24, 2.45) is 0 Å². The van der Waals surface area contributed by atoms with Crippen molar-refractivity contribution in [1.82, 2.24) is 0 Å². The topological polar surface area (TPSA) is 101 Å². The van der Waals surface area contributed by atoms with Crippen LogP contribution >= 0.6 is 0 Å². The Labute approximate surface area is 118 Å². The van der Waals surface area contributed by atoms with Gasteiger partial charge in [-0.25, -0.2) is 14.4 Å². The molecule has 0 heterocycles. The van der Waals surface area contributed by atoms with E-state index in [0.717, 1.165) is 19.2 Å². The van der Waals surface area contributed by atoms with Gasteiger partial charge in [0.25, 0.3) is 0 Å². The summed E-state index contributed by atoms with van der Waals surface area (Å²) in [5, 5.41) is 17.5. The third kappa shape index (κ3) is 5.51. The quantitative estimate of drug-likeness (QED) is 0.827. The molecule has 1 aromatic carbocycles. The molecule has 0 radical (unpaired) electrons. The summed E-state index contributed by atoms with van der Waals surface area (Å²) in [7, 11) is 1.15. The number of methoxy groups -OCH3 is 1. The lowest BCUT2D eigenvalue weighted by Crippen LogP contribution is -2.11. The highest BCUT2D eigenvalue weighted by Crippen LogP contribution is 2.13. The summed E-state index contributed by atoms with van der Waals surface area (Å²) in [6.45, 7) is 8.00. The fourth-order valence-corrected chi connectivity index (χ4v) is 1.15. The number of carbonyl (C=O) groups is 3. The van der Waals surface area contributed by atoms with Gasteiger partial charge in [-0.1, -0.05) is 27.7 Å². The van der Waals surface area contributed by atoms with Crippen LogP contribution in [0.3, 0.4) is 0 Å². The van der Waals surface area contributed by atoms with Crippen molar-refractivity contribution in [3.63, 3.8) is 0 Å². The Bertz CT molecular complexity index is 465. The van der Waals surface area contributed by atoms with Crippen LogP contribution in [0.15, 0.2) is 18.2 Å². The van der Waals surface area contributed by atoms with Gasteiger partial charge in [0.15, 0.2) is 0 Å². The molecule has 1 rings (SSSR count). The number of carbonyl (C=O) groups excluding carboxylic acids is 1. The van der Waals surface area contributed by atoms with E-state index in [0.29, 0.717) is 0 Å². The number of esters is 1. The van der Waals surface area contributed by atoms with Crippen molar-refractivity contribution < 1.29 is 29.3 Å². The lowest BCUT2D eigenvalue weighted by atomic mass is 10.0. The van der Waals surface area contributed by atoms with Gasteiger partial charge in [0, 0.05) is 0 Å². The number of hydrogen-bond donors (Lipinski definition) is 2. The van der Waals surface area contributed by atoms with Crippen LogP contribution in [-0.2, 0) is 4.74 Å². The highest BCUT2D eigenvalue weighted by Gasteiger charge is 2.18. The maximum Gasteiger partial charge on any atom is 0.337 e. The minimum atomic E-state index is -1.41. The van der Waals surface area contributed by atoms with Gasteiger partial charge in [0.05, 0.1) is 23.8 Å². The highest BCUT2D eigenvalue weighted by atomic mass is 16.5. The van der Waals surface area contributed by atoms with E-state index in [1.165, 1.54) is 6.07 Å². The lowest BCUT2D eigenvalue weighted by Gasteiger charge is -2.04. The average Bonchev–Trinajstić information content (AvgIpc) is 2.49. The molecule has 6 heteroatoms. The number of rotatable bonds is 3. The van der Waals surface area contributed by atoms with E-state index < -0.39 is 23.5 Å². The molecule has 0 atom stereocenters. The SMILES string of the molecule is CC.CC.COC(=O)c1ccc(C(=O)O)c(C(=O)O)c1. The zero-order valence-corrected chi connectivity index (χ0v) is 12.3. The van der Waals surface area contributed by atoms with E-state index in [4.69, 9.17) is 10.2 Å². The van der Waals surface area contributed by atoms with E-state index in [1.807, 2.05) is 27.7 Å². The first-order valence-corrected chi connectivity index (χ1v) is 6.16. The highest BCUT2D eigenvalue weighted by molar-refractivity contribution is 6.03. The van der Waals surface area contributed by atoms with E-state index in [9.17, 15) is 14.4 Å². The molecule has 0 saturated carbocycles. The monoisotopic (exact) mass is 284 g/mol. The summed E-state index contributed by atoms with van der Waals surface area (Å²) >= 11 is 0. The largest absolute Gasteiger partial charge is 0.478 e. The van der Waals surface area contributed by atoms with Gasteiger partial charge in [0.2, 0.25) is 0 Å². The molecule has 0 unspecified atom stereocenters. The Morgan fingerprint density at radius 2 is 1.35 bits per heavy atom. The van der Waals surface area contributed by atoms with Gasteiger partial charge < -0.3 is 14.9 Å². The molecule has 112 valence electrons. The summed E-state index contributed by atoms with van der Waals surface area (Å²) in [6.07, 6.45) is 0. The Balaban J connectivity index is 0. The minimum absolute atomic E-state index is 0.00935. The number of ether oxygens (including phenoxy) is 1. The number of benzene rings is 1. The van der Waals surface area contributed by atoms with Crippen LogP contribution in [0.4, 0.5) is 0 Å². The Morgan fingerprint density at radius 1 is 0.900 bits per heavy atom. The van der Waals surface area contributed by atoms with Crippen LogP contribution in [0.5, 0.6) is 0 Å². The van der Waals surface area contributed by atoms with Gasteiger partial charge >= 0.3 is 17.9 Å². The fraction of sp³-hybridized carbons (Fsp3) is 0.357. The maximum absolute atomic E-state index is 11.1. The molecule has 0 amide bonds. The molecule has 0 fully saturated rings. The van der Waals surface area contributed by atoms with Crippen LogP contribution < -0.4 is 0 Å². The second-order valence-electron chi connectivity index (χ2n) is 2.86. The third-order valence-electron chi connectivity index (χ3n) is 1.90. The Hall–Kier alpha value is -2.37. The molecule has 0 saturated heterocycles. The van der Waals surface area contributed by atoms with E-state index in [2.05, 4.69) is 4.74 Å². The normalized spacial score (nSPS) is 8.25. The van der Waals surface area contributed by atoms with Gasteiger partial charge in [-0.15, -0.1) is 0 Å². The van der Waals surface area contributed by atoms with Crippen LogP contribution in [-0.4, -0.2) is 35.2 Å². The van der Waals surface area contributed by atoms with Crippen molar-refractivity contribution >= 4 is 17.9 Å². The predicted molar refractivity (Wildman–Crippen MR) is 74.4 cm³/mol. The summed E-state index contributed by atoms with van der Waals surface area (Å²) in [4.78, 5) is 32.6. The smallest absolute Gasteiger partial charge is 0.337 e. The molecule has 20 heavy (non-hydrogen) atoms. The molecule has 0 aliphatic heterocycles. The van der Waals surface area contributed by atoms with Gasteiger partial charge in [-0.05, 0) is 18.2 Å². The number of carboxylic acids is 2. The maximum atomic E-state index is 11.1. The third-order valence-corrected chi connectivity index (χ3v) is 1.90. The van der Waals surface area contributed by atoms with E-state index in [1.54, 1.807) is 0 Å². The van der Waals surface area contributed by atoms with Gasteiger partial charge in [-0.3, -0.25) is 0 Å². The molecule has 0 aliphatic carbocycles. The minimum Gasteiger partial charge on any atom is -0.478 e. The van der Waals surface area contributed by atoms with Crippen molar-refractivity contribution in [2.75, 3.05) is 7.11 Å². The molecule has 0 spiro atoms. The van der Waals surface area contributed by atoms with E-state index >= 15 is 0 Å². The van der Waals surface area contributed by atoms with Gasteiger partial charge in [-0.2, -0.15) is 0 Å².